The van der Waals surface area contributed by atoms with Gasteiger partial charge in [-0.05, 0) is 30.1 Å². The molecule has 1 aliphatic rings. The Labute approximate surface area is 102 Å². The lowest BCUT2D eigenvalue weighted by Gasteiger charge is -2.21. The molecule has 0 heterocycles. The summed E-state index contributed by atoms with van der Waals surface area (Å²) in [7, 11) is 0. The van der Waals surface area contributed by atoms with E-state index in [4.69, 9.17) is 5.73 Å². The van der Waals surface area contributed by atoms with Crippen LogP contribution in [0.4, 0.5) is 0 Å². The second-order valence-corrected chi connectivity index (χ2v) is 6.03. The maximum absolute atomic E-state index is 5.89. The van der Waals surface area contributed by atoms with Crippen LogP contribution in [0.1, 0.15) is 66.2 Å². The molecule has 4 atom stereocenters. The Bertz CT molecular complexity index is 186. The van der Waals surface area contributed by atoms with E-state index in [1.807, 2.05) is 0 Å². The topological polar surface area (TPSA) is 26.0 Å². The summed E-state index contributed by atoms with van der Waals surface area (Å²) in [4.78, 5) is 0. The van der Waals surface area contributed by atoms with Gasteiger partial charge in [0.2, 0.25) is 0 Å². The van der Waals surface area contributed by atoms with E-state index in [1.165, 1.54) is 38.5 Å². The molecule has 0 aliphatic heterocycles. The normalized spacial score (nSPS) is 28.1. The fourth-order valence-corrected chi connectivity index (χ4v) is 3.19. The van der Waals surface area contributed by atoms with Crippen LogP contribution < -0.4 is 5.73 Å². The zero-order valence-corrected chi connectivity index (χ0v) is 11.7. The van der Waals surface area contributed by atoms with Crippen molar-refractivity contribution < 1.29 is 0 Å². The first kappa shape index (κ1) is 14.0. The molecule has 0 spiro atoms. The molecule has 96 valence electrons. The molecule has 0 amide bonds. The van der Waals surface area contributed by atoms with Crippen LogP contribution in [0.15, 0.2) is 0 Å². The maximum Gasteiger partial charge on any atom is 0.00736 e. The van der Waals surface area contributed by atoms with Crippen molar-refractivity contribution in [2.75, 3.05) is 0 Å². The SMILES string of the molecule is CCC(CC)C(C)CCCC(C)C1CC1N. The van der Waals surface area contributed by atoms with Crippen LogP contribution in [0, 0.1) is 23.7 Å². The molecular weight excluding hydrogens is 194 g/mol. The molecule has 1 fully saturated rings. The summed E-state index contributed by atoms with van der Waals surface area (Å²) in [5.41, 5.74) is 5.89. The predicted molar refractivity (Wildman–Crippen MR) is 72.3 cm³/mol. The highest BCUT2D eigenvalue weighted by Crippen LogP contribution is 2.38. The minimum absolute atomic E-state index is 0.534. The van der Waals surface area contributed by atoms with Gasteiger partial charge >= 0.3 is 0 Å². The minimum Gasteiger partial charge on any atom is -0.327 e. The van der Waals surface area contributed by atoms with Crippen molar-refractivity contribution in [2.45, 2.75) is 72.3 Å². The van der Waals surface area contributed by atoms with Crippen molar-refractivity contribution in [3.05, 3.63) is 0 Å². The summed E-state index contributed by atoms with van der Waals surface area (Å²) in [6, 6.07) is 0.534. The Balaban J connectivity index is 2.09. The van der Waals surface area contributed by atoms with E-state index in [2.05, 4.69) is 27.7 Å². The number of nitrogens with two attached hydrogens (primary N) is 1. The van der Waals surface area contributed by atoms with Crippen molar-refractivity contribution in [3.8, 4) is 0 Å². The lowest BCUT2D eigenvalue weighted by molar-refractivity contribution is 0.299. The molecule has 0 saturated heterocycles. The number of hydrogen-bond acceptors (Lipinski definition) is 1. The van der Waals surface area contributed by atoms with Gasteiger partial charge in [0.1, 0.15) is 0 Å². The zero-order valence-electron chi connectivity index (χ0n) is 11.7. The molecule has 16 heavy (non-hydrogen) atoms. The molecule has 0 radical (unpaired) electrons. The van der Waals surface area contributed by atoms with Crippen LogP contribution in [0.5, 0.6) is 0 Å². The molecule has 0 aromatic rings. The second kappa shape index (κ2) is 6.64. The largest absolute Gasteiger partial charge is 0.327 e. The molecule has 1 saturated carbocycles. The van der Waals surface area contributed by atoms with E-state index < -0.39 is 0 Å². The van der Waals surface area contributed by atoms with Crippen LogP contribution in [0.2, 0.25) is 0 Å². The van der Waals surface area contributed by atoms with Gasteiger partial charge in [0.15, 0.2) is 0 Å². The first-order chi connectivity index (χ1) is 7.60. The zero-order chi connectivity index (χ0) is 12.1. The highest BCUT2D eigenvalue weighted by molar-refractivity contribution is 4.93. The van der Waals surface area contributed by atoms with Crippen molar-refractivity contribution in [2.24, 2.45) is 29.4 Å². The molecule has 4 unspecified atom stereocenters. The monoisotopic (exact) mass is 225 g/mol. The number of hydrogen-bond donors (Lipinski definition) is 1. The summed E-state index contributed by atoms with van der Waals surface area (Å²) >= 11 is 0. The van der Waals surface area contributed by atoms with E-state index in [-0.39, 0.29) is 0 Å². The molecule has 0 bridgehead atoms. The molecule has 0 aromatic heterocycles. The van der Waals surface area contributed by atoms with Gasteiger partial charge in [-0.15, -0.1) is 0 Å². The van der Waals surface area contributed by atoms with Gasteiger partial charge in [-0.25, -0.2) is 0 Å². The average Bonchev–Trinajstić information content (AvgIpc) is 2.97. The third kappa shape index (κ3) is 4.08. The second-order valence-electron chi connectivity index (χ2n) is 6.03. The maximum atomic E-state index is 5.89. The molecule has 1 nitrogen and oxygen atoms in total. The highest BCUT2D eigenvalue weighted by Gasteiger charge is 2.37. The third-order valence-electron chi connectivity index (χ3n) is 4.79. The van der Waals surface area contributed by atoms with E-state index in [0.29, 0.717) is 6.04 Å². The van der Waals surface area contributed by atoms with Crippen LogP contribution in [0.25, 0.3) is 0 Å². The Hall–Kier alpha value is -0.0400. The molecular formula is C15H31N. The average molecular weight is 225 g/mol. The lowest BCUT2D eigenvalue weighted by Crippen LogP contribution is -2.12. The Morgan fingerprint density at radius 2 is 1.69 bits per heavy atom. The van der Waals surface area contributed by atoms with E-state index in [0.717, 1.165) is 23.7 Å². The van der Waals surface area contributed by atoms with E-state index in [9.17, 15) is 0 Å². The van der Waals surface area contributed by atoms with Gasteiger partial charge in [-0.3, -0.25) is 0 Å². The van der Waals surface area contributed by atoms with Crippen LogP contribution in [-0.4, -0.2) is 6.04 Å². The Morgan fingerprint density at radius 1 is 1.12 bits per heavy atom. The fourth-order valence-electron chi connectivity index (χ4n) is 3.19. The van der Waals surface area contributed by atoms with Crippen LogP contribution in [0.3, 0.4) is 0 Å². The number of rotatable bonds is 8. The van der Waals surface area contributed by atoms with Crippen molar-refractivity contribution in [3.63, 3.8) is 0 Å². The molecule has 1 heteroatoms. The van der Waals surface area contributed by atoms with Gasteiger partial charge < -0.3 is 5.73 Å². The Morgan fingerprint density at radius 3 is 2.12 bits per heavy atom. The van der Waals surface area contributed by atoms with Crippen molar-refractivity contribution >= 4 is 0 Å². The smallest absolute Gasteiger partial charge is 0.00736 e. The summed E-state index contributed by atoms with van der Waals surface area (Å²) in [6.07, 6.45) is 8.19. The van der Waals surface area contributed by atoms with E-state index in [1.54, 1.807) is 0 Å². The van der Waals surface area contributed by atoms with Crippen LogP contribution >= 0.6 is 0 Å². The summed E-state index contributed by atoms with van der Waals surface area (Å²) in [5, 5.41) is 0. The van der Waals surface area contributed by atoms with Gasteiger partial charge in [-0.1, -0.05) is 59.8 Å². The van der Waals surface area contributed by atoms with Crippen molar-refractivity contribution in [1.29, 1.82) is 0 Å². The molecule has 1 aliphatic carbocycles. The van der Waals surface area contributed by atoms with Gasteiger partial charge in [0, 0.05) is 6.04 Å². The molecule has 0 aromatic carbocycles. The first-order valence-corrected chi connectivity index (χ1v) is 7.35. The first-order valence-electron chi connectivity index (χ1n) is 7.35. The predicted octanol–water partition coefficient (Wildman–Crippen LogP) is 4.21. The standard InChI is InChI=1S/C15H31N/c1-5-13(6-2)11(3)8-7-9-12(4)14-10-15(14)16/h11-15H,5-10,16H2,1-4H3. The summed E-state index contributed by atoms with van der Waals surface area (Å²) in [5.74, 6) is 3.57. The lowest BCUT2D eigenvalue weighted by atomic mass is 9.84. The van der Waals surface area contributed by atoms with Crippen LogP contribution in [-0.2, 0) is 0 Å². The van der Waals surface area contributed by atoms with Gasteiger partial charge in [-0.2, -0.15) is 0 Å². The molecule has 2 N–H and O–H groups in total. The fraction of sp³-hybridized carbons (Fsp3) is 1.00. The van der Waals surface area contributed by atoms with E-state index >= 15 is 0 Å². The summed E-state index contributed by atoms with van der Waals surface area (Å²) in [6.45, 7) is 9.48. The quantitative estimate of drug-likeness (QED) is 0.658. The third-order valence-corrected chi connectivity index (χ3v) is 4.79. The van der Waals surface area contributed by atoms with Gasteiger partial charge in [0.05, 0.1) is 0 Å². The molecule has 1 rings (SSSR count). The van der Waals surface area contributed by atoms with Gasteiger partial charge in [0.25, 0.3) is 0 Å². The van der Waals surface area contributed by atoms with Crippen molar-refractivity contribution in [1.82, 2.24) is 0 Å². The minimum atomic E-state index is 0.534. The summed E-state index contributed by atoms with van der Waals surface area (Å²) < 4.78 is 0. The highest BCUT2D eigenvalue weighted by atomic mass is 14.7. The Kier molecular flexibility index (Phi) is 5.82.